The lowest BCUT2D eigenvalue weighted by Crippen LogP contribution is -1.96. The summed E-state index contributed by atoms with van der Waals surface area (Å²) in [6, 6.07) is 10.6. The Balaban J connectivity index is 2.06. The highest BCUT2D eigenvalue weighted by Gasteiger charge is 2.04. The monoisotopic (exact) mass is 271 g/mol. The molecule has 0 radical (unpaired) electrons. The van der Waals surface area contributed by atoms with Crippen molar-refractivity contribution in [3.63, 3.8) is 0 Å². The van der Waals surface area contributed by atoms with E-state index >= 15 is 0 Å². The van der Waals surface area contributed by atoms with Gasteiger partial charge in [-0.15, -0.1) is 0 Å². The van der Waals surface area contributed by atoms with Gasteiger partial charge in [0.1, 0.15) is 11.5 Å². The highest BCUT2D eigenvalue weighted by molar-refractivity contribution is 5.94. The van der Waals surface area contributed by atoms with Crippen molar-refractivity contribution in [3.8, 4) is 17.4 Å². The summed E-state index contributed by atoms with van der Waals surface area (Å²) in [5.41, 5.74) is 0.581. The van der Waals surface area contributed by atoms with Crippen LogP contribution in [0.15, 0.2) is 42.6 Å². The average molecular weight is 271 g/mol. The molecule has 4 heteroatoms. The standard InChI is InChI=1S/C16H17NO3/c1-3-10-19-14-4-6-15(7-5-14)20-16-11-13(12(2)18)8-9-17-16/h4-9,11H,3,10H2,1-2H3. The molecule has 0 aliphatic rings. The number of pyridine rings is 1. The molecule has 0 fully saturated rings. The zero-order valence-electron chi connectivity index (χ0n) is 11.6. The van der Waals surface area contributed by atoms with E-state index in [9.17, 15) is 4.79 Å². The number of hydrogen-bond donors (Lipinski definition) is 0. The van der Waals surface area contributed by atoms with Crippen molar-refractivity contribution in [2.45, 2.75) is 20.3 Å². The van der Waals surface area contributed by atoms with Crippen LogP contribution in [0.2, 0.25) is 0 Å². The smallest absolute Gasteiger partial charge is 0.219 e. The highest BCUT2D eigenvalue weighted by atomic mass is 16.5. The lowest BCUT2D eigenvalue weighted by molar-refractivity contribution is 0.101. The molecular formula is C16H17NO3. The maximum atomic E-state index is 11.3. The molecule has 2 aromatic rings. The number of nitrogens with zero attached hydrogens (tertiary/aromatic N) is 1. The van der Waals surface area contributed by atoms with Crippen LogP contribution in [0.25, 0.3) is 0 Å². The fraction of sp³-hybridized carbons (Fsp3) is 0.250. The van der Waals surface area contributed by atoms with Gasteiger partial charge in [0.15, 0.2) is 5.78 Å². The second-order valence-corrected chi connectivity index (χ2v) is 4.36. The van der Waals surface area contributed by atoms with Gasteiger partial charge in [0.2, 0.25) is 5.88 Å². The number of carbonyl (C=O) groups excluding carboxylic acids is 1. The topological polar surface area (TPSA) is 48.4 Å². The molecule has 20 heavy (non-hydrogen) atoms. The first kappa shape index (κ1) is 14.1. The van der Waals surface area contributed by atoms with Gasteiger partial charge in [-0.05, 0) is 43.7 Å². The van der Waals surface area contributed by atoms with Crippen LogP contribution >= 0.6 is 0 Å². The van der Waals surface area contributed by atoms with E-state index in [1.54, 1.807) is 18.3 Å². The van der Waals surface area contributed by atoms with E-state index in [1.165, 1.54) is 6.92 Å². The van der Waals surface area contributed by atoms with E-state index in [2.05, 4.69) is 11.9 Å². The minimum absolute atomic E-state index is 0.0134. The lowest BCUT2D eigenvalue weighted by Gasteiger charge is -2.07. The fourth-order valence-electron chi connectivity index (χ4n) is 1.63. The van der Waals surface area contributed by atoms with Crippen LogP contribution in [0.1, 0.15) is 30.6 Å². The number of Topliss-reactive ketones (excluding diaryl/α,β-unsaturated/α-hetero) is 1. The highest BCUT2D eigenvalue weighted by Crippen LogP contribution is 2.23. The van der Waals surface area contributed by atoms with Crippen LogP contribution in [0.3, 0.4) is 0 Å². The van der Waals surface area contributed by atoms with Gasteiger partial charge in [-0.2, -0.15) is 0 Å². The van der Waals surface area contributed by atoms with Crippen LogP contribution in [0, 0.1) is 0 Å². The van der Waals surface area contributed by atoms with Crippen molar-refractivity contribution in [3.05, 3.63) is 48.2 Å². The van der Waals surface area contributed by atoms with Crippen molar-refractivity contribution >= 4 is 5.78 Å². The molecule has 0 spiro atoms. The van der Waals surface area contributed by atoms with Crippen molar-refractivity contribution in [2.75, 3.05) is 6.61 Å². The van der Waals surface area contributed by atoms with Crippen LogP contribution in [-0.2, 0) is 0 Å². The van der Waals surface area contributed by atoms with Crippen molar-refractivity contribution in [1.82, 2.24) is 4.98 Å². The first-order chi connectivity index (χ1) is 9.69. The third-order valence-electron chi connectivity index (χ3n) is 2.66. The first-order valence-corrected chi connectivity index (χ1v) is 6.56. The van der Waals surface area contributed by atoms with Crippen LogP contribution in [0.5, 0.6) is 17.4 Å². The summed E-state index contributed by atoms with van der Waals surface area (Å²) in [5, 5.41) is 0. The van der Waals surface area contributed by atoms with Gasteiger partial charge in [0.25, 0.3) is 0 Å². The van der Waals surface area contributed by atoms with Crippen molar-refractivity contribution in [2.24, 2.45) is 0 Å². The first-order valence-electron chi connectivity index (χ1n) is 6.56. The zero-order chi connectivity index (χ0) is 14.4. The molecule has 0 aliphatic carbocycles. The third kappa shape index (κ3) is 3.82. The summed E-state index contributed by atoms with van der Waals surface area (Å²) in [7, 11) is 0. The number of aromatic nitrogens is 1. The largest absolute Gasteiger partial charge is 0.494 e. The van der Waals surface area contributed by atoms with Gasteiger partial charge >= 0.3 is 0 Å². The molecule has 2 rings (SSSR count). The maximum Gasteiger partial charge on any atom is 0.219 e. The third-order valence-corrected chi connectivity index (χ3v) is 2.66. The molecule has 104 valence electrons. The Morgan fingerprint density at radius 2 is 1.85 bits per heavy atom. The van der Waals surface area contributed by atoms with Crippen LogP contribution < -0.4 is 9.47 Å². The van der Waals surface area contributed by atoms with E-state index in [0.29, 0.717) is 23.8 Å². The lowest BCUT2D eigenvalue weighted by atomic mass is 10.2. The van der Waals surface area contributed by atoms with Gasteiger partial charge in [-0.1, -0.05) is 6.92 Å². The molecule has 0 bridgehead atoms. The molecule has 0 N–H and O–H groups in total. The predicted molar refractivity (Wildman–Crippen MR) is 76.5 cm³/mol. The van der Waals surface area contributed by atoms with E-state index in [0.717, 1.165) is 12.2 Å². The summed E-state index contributed by atoms with van der Waals surface area (Å²) < 4.78 is 11.1. The van der Waals surface area contributed by atoms with Gasteiger partial charge in [0.05, 0.1) is 6.61 Å². The summed E-state index contributed by atoms with van der Waals surface area (Å²) >= 11 is 0. The van der Waals surface area contributed by atoms with Gasteiger partial charge in [-0.3, -0.25) is 4.79 Å². The molecule has 1 aromatic carbocycles. The quantitative estimate of drug-likeness (QED) is 0.748. The van der Waals surface area contributed by atoms with E-state index in [-0.39, 0.29) is 5.78 Å². The zero-order valence-corrected chi connectivity index (χ0v) is 11.6. The minimum Gasteiger partial charge on any atom is -0.494 e. The van der Waals surface area contributed by atoms with Crippen LogP contribution in [-0.4, -0.2) is 17.4 Å². The van der Waals surface area contributed by atoms with Crippen molar-refractivity contribution in [1.29, 1.82) is 0 Å². The minimum atomic E-state index is -0.0134. The second kappa shape index (κ2) is 6.70. The number of benzene rings is 1. The van der Waals surface area contributed by atoms with E-state index < -0.39 is 0 Å². The predicted octanol–water partition coefficient (Wildman–Crippen LogP) is 3.87. The fourth-order valence-corrected chi connectivity index (χ4v) is 1.63. The number of ether oxygens (including phenoxy) is 2. The molecule has 1 aromatic heterocycles. The molecule has 0 amide bonds. The Morgan fingerprint density at radius 1 is 1.15 bits per heavy atom. The molecular weight excluding hydrogens is 254 g/mol. The summed E-state index contributed by atoms with van der Waals surface area (Å²) in [5.74, 6) is 1.85. The number of ketones is 1. The van der Waals surface area contributed by atoms with Gasteiger partial charge in [-0.25, -0.2) is 4.98 Å². The van der Waals surface area contributed by atoms with Crippen molar-refractivity contribution < 1.29 is 14.3 Å². The molecule has 1 heterocycles. The Kier molecular flexibility index (Phi) is 4.71. The Labute approximate surface area is 118 Å². The molecule has 0 unspecified atom stereocenters. The number of carbonyl (C=O) groups is 1. The second-order valence-electron chi connectivity index (χ2n) is 4.36. The normalized spacial score (nSPS) is 10.1. The van der Waals surface area contributed by atoms with E-state index in [1.807, 2.05) is 24.3 Å². The molecule has 4 nitrogen and oxygen atoms in total. The summed E-state index contributed by atoms with van der Waals surface area (Å²) in [6.45, 7) is 4.27. The Morgan fingerprint density at radius 3 is 2.50 bits per heavy atom. The van der Waals surface area contributed by atoms with Gasteiger partial charge in [0, 0.05) is 17.8 Å². The summed E-state index contributed by atoms with van der Waals surface area (Å²) in [4.78, 5) is 15.4. The Hall–Kier alpha value is -2.36. The number of rotatable bonds is 6. The maximum absolute atomic E-state index is 11.3. The Bertz CT molecular complexity index is 579. The molecule has 0 atom stereocenters. The van der Waals surface area contributed by atoms with Gasteiger partial charge < -0.3 is 9.47 Å². The number of hydrogen-bond acceptors (Lipinski definition) is 4. The molecule has 0 saturated carbocycles. The molecule has 0 aliphatic heterocycles. The molecule has 0 saturated heterocycles. The SMILES string of the molecule is CCCOc1ccc(Oc2cc(C(C)=O)ccn2)cc1. The van der Waals surface area contributed by atoms with Crippen LogP contribution in [0.4, 0.5) is 0 Å². The summed E-state index contributed by atoms with van der Waals surface area (Å²) in [6.07, 6.45) is 2.53. The average Bonchev–Trinajstić information content (AvgIpc) is 2.47. The van der Waals surface area contributed by atoms with E-state index in [4.69, 9.17) is 9.47 Å².